The van der Waals surface area contributed by atoms with Crippen molar-refractivity contribution in [3.63, 3.8) is 0 Å². The van der Waals surface area contributed by atoms with Crippen molar-refractivity contribution in [2.24, 2.45) is 0 Å². The Bertz CT molecular complexity index is 497. The Balaban J connectivity index is 3.17. The van der Waals surface area contributed by atoms with Gasteiger partial charge < -0.3 is 5.73 Å². The van der Waals surface area contributed by atoms with Gasteiger partial charge in [-0.05, 0) is 44.5 Å². The van der Waals surface area contributed by atoms with Crippen LogP contribution in [0.5, 0.6) is 0 Å². The minimum Gasteiger partial charge on any atom is -0.399 e. The Morgan fingerprint density at radius 1 is 1.21 bits per heavy atom. The highest BCUT2D eigenvalue weighted by molar-refractivity contribution is 7.90. The van der Waals surface area contributed by atoms with Crippen LogP contribution in [0.15, 0.2) is 24.3 Å². The Labute approximate surface area is 116 Å². The summed E-state index contributed by atoms with van der Waals surface area (Å²) in [5, 5.41) is 0. The number of nitrogens with two attached hydrogens (primary N) is 1. The molecular formula is C13H23N3O2S. The summed E-state index contributed by atoms with van der Waals surface area (Å²) in [5.74, 6) is 0. The lowest BCUT2D eigenvalue weighted by atomic mass is 10.3. The molecule has 2 N–H and O–H groups in total. The zero-order valence-corrected chi connectivity index (χ0v) is 12.8. The summed E-state index contributed by atoms with van der Waals surface area (Å²) >= 11 is 0. The fraction of sp³-hybridized carbons (Fsp3) is 0.538. The molecule has 108 valence electrons. The third-order valence-electron chi connectivity index (χ3n) is 2.98. The maximum atomic E-state index is 12.6. The number of hydrogen-bond donors (Lipinski definition) is 1. The van der Waals surface area contributed by atoms with Crippen LogP contribution in [-0.4, -0.2) is 32.4 Å². The van der Waals surface area contributed by atoms with Crippen LogP contribution in [0, 0.1) is 0 Å². The van der Waals surface area contributed by atoms with Gasteiger partial charge in [0.25, 0.3) is 0 Å². The molecule has 0 saturated heterocycles. The third kappa shape index (κ3) is 3.61. The van der Waals surface area contributed by atoms with Gasteiger partial charge in [-0.1, -0.05) is 6.92 Å². The lowest BCUT2D eigenvalue weighted by Gasteiger charge is -2.31. The highest BCUT2D eigenvalue weighted by Gasteiger charge is 2.28. The summed E-state index contributed by atoms with van der Waals surface area (Å²) in [4.78, 5) is 0. The first-order valence-corrected chi connectivity index (χ1v) is 7.81. The minimum atomic E-state index is -3.50. The molecule has 19 heavy (non-hydrogen) atoms. The summed E-state index contributed by atoms with van der Waals surface area (Å²) in [6.07, 6.45) is 0.746. The first kappa shape index (κ1) is 15.8. The second-order valence-electron chi connectivity index (χ2n) is 4.78. The van der Waals surface area contributed by atoms with Crippen molar-refractivity contribution >= 4 is 21.6 Å². The topological polar surface area (TPSA) is 66.6 Å². The maximum absolute atomic E-state index is 12.6. The smallest absolute Gasteiger partial charge is 0.304 e. The van der Waals surface area contributed by atoms with Crippen molar-refractivity contribution < 1.29 is 8.42 Å². The van der Waals surface area contributed by atoms with Gasteiger partial charge in [0.15, 0.2) is 0 Å². The molecule has 6 heteroatoms. The normalized spacial score (nSPS) is 12.1. The van der Waals surface area contributed by atoms with E-state index >= 15 is 0 Å². The van der Waals surface area contributed by atoms with Crippen molar-refractivity contribution in [3.8, 4) is 0 Å². The molecule has 5 nitrogen and oxygen atoms in total. The molecule has 0 aliphatic heterocycles. The predicted molar refractivity (Wildman–Crippen MR) is 80.3 cm³/mol. The van der Waals surface area contributed by atoms with Crippen LogP contribution in [-0.2, 0) is 10.2 Å². The van der Waals surface area contributed by atoms with E-state index in [2.05, 4.69) is 0 Å². The predicted octanol–water partition coefficient (Wildman–Crippen LogP) is 2.07. The van der Waals surface area contributed by atoms with Gasteiger partial charge in [-0.15, -0.1) is 0 Å². The largest absolute Gasteiger partial charge is 0.399 e. The van der Waals surface area contributed by atoms with Crippen LogP contribution in [0.25, 0.3) is 0 Å². The van der Waals surface area contributed by atoms with E-state index in [4.69, 9.17) is 5.73 Å². The van der Waals surface area contributed by atoms with Crippen LogP contribution >= 0.6 is 0 Å². The average molecular weight is 285 g/mol. The lowest BCUT2D eigenvalue weighted by molar-refractivity contribution is 0.408. The van der Waals surface area contributed by atoms with Crippen LogP contribution in [0.1, 0.15) is 27.2 Å². The van der Waals surface area contributed by atoms with Gasteiger partial charge in [0.2, 0.25) is 0 Å². The fourth-order valence-electron chi connectivity index (χ4n) is 1.64. The SMILES string of the molecule is CCCN(c1ccc(N)cc1)S(=O)(=O)N(C)C(C)C. The Morgan fingerprint density at radius 3 is 2.16 bits per heavy atom. The molecule has 0 atom stereocenters. The lowest BCUT2D eigenvalue weighted by Crippen LogP contribution is -2.45. The molecule has 0 unspecified atom stereocenters. The maximum Gasteiger partial charge on any atom is 0.304 e. The molecule has 0 spiro atoms. The zero-order valence-electron chi connectivity index (χ0n) is 12.0. The molecule has 0 aromatic heterocycles. The van der Waals surface area contributed by atoms with Gasteiger partial charge in [-0.3, -0.25) is 4.31 Å². The summed E-state index contributed by atoms with van der Waals surface area (Å²) in [7, 11) is -1.91. The van der Waals surface area contributed by atoms with Crippen LogP contribution in [0.2, 0.25) is 0 Å². The van der Waals surface area contributed by atoms with Gasteiger partial charge in [0.1, 0.15) is 0 Å². The molecule has 0 heterocycles. The molecule has 0 bridgehead atoms. The number of nitrogens with zero attached hydrogens (tertiary/aromatic N) is 2. The van der Waals surface area contributed by atoms with E-state index in [1.807, 2.05) is 20.8 Å². The van der Waals surface area contributed by atoms with Gasteiger partial charge in [0, 0.05) is 25.3 Å². The van der Waals surface area contributed by atoms with Gasteiger partial charge >= 0.3 is 10.2 Å². The van der Waals surface area contributed by atoms with Crippen molar-refractivity contribution in [2.75, 3.05) is 23.6 Å². The van der Waals surface area contributed by atoms with Gasteiger partial charge in [-0.25, -0.2) is 0 Å². The van der Waals surface area contributed by atoms with E-state index in [1.165, 1.54) is 8.61 Å². The Kier molecular flexibility index (Phi) is 5.20. The molecule has 1 rings (SSSR count). The van der Waals surface area contributed by atoms with E-state index in [9.17, 15) is 8.42 Å². The summed E-state index contributed by atoms with van der Waals surface area (Å²) < 4.78 is 27.9. The molecule has 0 aliphatic carbocycles. The standard InChI is InChI=1S/C13H23N3O2S/c1-5-10-16(13-8-6-12(14)7-9-13)19(17,18)15(4)11(2)3/h6-9,11H,5,10,14H2,1-4H3. The molecule has 0 radical (unpaired) electrons. The Hall–Kier alpha value is -1.27. The number of anilines is 2. The monoisotopic (exact) mass is 285 g/mol. The molecule has 0 saturated carbocycles. The quantitative estimate of drug-likeness (QED) is 0.814. The fourth-order valence-corrected chi connectivity index (χ4v) is 3.29. The number of benzene rings is 1. The summed E-state index contributed by atoms with van der Waals surface area (Å²) in [6, 6.07) is 6.80. The second kappa shape index (κ2) is 6.25. The molecule has 0 amide bonds. The summed E-state index contributed by atoms with van der Waals surface area (Å²) in [6.45, 7) is 6.10. The minimum absolute atomic E-state index is 0.0851. The summed E-state index contributed by atoms with van der Waals surface area (Å²) in [5.41, 5.74) is 6.90. The molecule has 1 aromatic carbocycles. The molecule has 0 fully saturated rings. The van der Waals surface area contributed by atoms with Gasteiger partial charge in [-0.2, -0.15) is 12.7 Å². The van der Waals surface area contributed by atoms with Crippen molar-refractivity contribution in [1.29, 1.82) is 0 Å². The zero-order chi connectivity index (χ0) is 14.6. The van der Waals surface area contributed by atoms with Crippen LogP contribution in [0.4, 0.5) is 11.4 Å². The average Bonchev–Trinajstić information content (AvgIpc) is 2.36. The third-order valence-corrected chi connectivity index (χ3v) is 5.08. The highest BCUT2D eigenvalue weighted by atomic mass is 32.2. The van der Waals surface area contributed by atoms with E-state index in [1.54, 1.807) is 31.3 Å². The highest BCUT2D eigenvalue weighted by Crippen LogP contribution is 2.22. The van der Waals surface area contributed by atoms with Crippen molar-refractivity contribution in [3.05, 3.63) is 24.3 Å². The molecule has 0 aliphatic rings. The van der Waals surface area contributed by atoms with E-state index in [-0.39, 0.29) is 6.04 Å². The second-order valence-corrected chi connectivity index (χ2v) is 6.69. The van der Waals surface area contributed by atoms with E-state index in [0.717, 1.165) is 6.42 Å². The van der Waals surface area contributed by atoms with Gasteiger partial charge in [0.05, 0.1) is 5.69 Å². The van der Waals surface area contributed by atoms with Crippen molar-refractivity contribution in [2.45, 2.75) is 33.2 Å². The van der Waals surface area contributed by atoms with E-state index < -0.39 is 10.2 Å². The molecule has 1 aromatic rings. The van der Waals surface area contributed by atoms with Crippen molar-refractivity contribution in [1.82, 2.24) is 4.31 Å². The Morgan fingerprint density at radius 2 is 1.74 bits per heavy atom. The molecular weight excluding hydrogens is 262 g/mol. The number of nitrogen functional groups attached to an aromatic ring is 1. The first-order chi connectivity index (χ1) is 8.80. The number of rotatable bonds is 6. The number of hydrogen-bond acceptors (Lipinski definition) is 3. The van der Waals surface area contributed by atoms with E-state index in [0.29, 0.717) is 17.9 Å². The first-order valence-electron chi connectivity index (χ1n) is 6.42. The van der Waals surface area contributed by atoms with Crippen LogP contribution < -0.4 is 10.0 Å². The van der Waals surface area contributed by atoms with Crippen LogP contribution in [0.3, 0.4) is 0 Å².